The Morgan fingerprint density at radius 2 is 1.90 bits per heavy atom. The molecule has 0 saturated heterocycles. The number of nitrogens with one attached hydrogen (secondary N) is 2. The first-order chi connectivity index (χ1) is 9.11. The molecule has 3 unspecified atom stereocenters. The first-order valence-electron chi connectivity index (χ1n) is 6.03. The van der Waals surface area contributed by atoms with Gasteiger partial charge in [0.25, 0.3) is 0 Å². The van der Waals surface area contributed by atoms with Gasteiger partial charge in [-0.25, -0.2) is 9.59 Å². The number of halogens is 3. The SMILES string of the molecule is CSC1CCCC1NC(=O)NC(C)(C(=O)O)C(F)(F)F. The Labute approximate surface area is 118 Å². The second-order valence-electron chi connectivity index (χ2n) is 4.84. The molecule has 1 aliphatic carbocycles. The molecule has 9 heteroatoms. The number of thioether (sulfide) groups is 1. The van der Waals surface area contributed by atoms with Gasteiger partial charge in [0.2, 0.25) is 5.54 Å². The minimum atomic E-state index is -5.08. The first kappa shape index (κ1) is 16.9. The molecule has 1 rings (SSSR count). The molecule has 1 saturated carbocycles. The van der Waals surface area contributed by atoms with Crippen LogP contribution >= 0.6 is 11.8 Å². The molecule has 0 aliphatic heterocycles. The van der Waals surface area contributed by atoms with E-state index in [1.807, 2.05) is 6.26 Å². The van der Waals surface area contributed by atoms with Gasteiger partial charge in [-0.15, -0.1) is 0 Å². The van der Waals surface area contributed by atoms with Crippen molar-refractivity contribution in [1.82, 2.24) is 10.6 Å². The summed E-state index contributed by atoms with van der Waals surface area (Å²) < 4.78 is 38.2. The zero-order valence-corrected chi connectivity index (χ0v) is 11.9. The van der Waals surface area contributed by atoms with Crippen LogP contribution in [0.1, 0.15) is 26.2 Å². The van der Waals surface area contributed by atoms with E-state index in [1.165, 1.54) is 17.1 Å². The fraction of sp³-hybridized carbons (Fsp3) is 0.818. The summed E-state index contributed by atoms with van der Waals surface area (Å²) in [6, 6.07) is -1.35. The molecule has 0 aromatic heterocycles. The van der Waals surface area contributed by atoms with Crippen molar-refractivity contribution in [1.29, 1.82) is 0 Å². The molecule has 0 radical (unpaired) electrons. The van der Waals surface area contributed by atoms with Crippen LogP contribution in [0.15, 0.2) is 0 Å². The van der Waals surface area contributed by atoms with Crippen LogP contribution in [-0.4, -0.2) is 46.4 Å². The van der Waals surface area contributed by atoms with Gasteiger partial charge in [0, 0.05) is 11.3 Å². The molecule has 0 spiro atoms. The van der Waals surface area contributed by atoms with Crippen LogP contribution in [0.5, 0.6) is 0 Å². The van der Waals surface area contributed by atoms with Gasteiger partial charge in [-0.2, -0.15) is 24.9 Å². The van der Waals surface area contributed by atoms with E-state index in [0.717, 1.165) is 12.8 Å². The van der Waals surface area contributed by atoms with E-state index in [-0.39, 0.29) is 11.3 Å². The maximum absolute atomic E-state index is 12.7. The Bertz CT molecular complexity index is 392. The van der Waals surface area contributed by atoms with Crippen molar-refractivity contribution < 1.29 is 27.9 Å². The van der Waals surface area contributed by atoms with Crippen LogP contribution < -0.4 is 10.6 Å². The summed E-state index contributed by atoms with van der Waals surface area (Å²) >= 11 is 1.53. The summed E-state index contributed by atoms with van der Waals surface area (Å²) in [7, 11) is 0. The summed E-state index contributed by atoms with van der Waals surface area (Å²) in [6.45, 7) is 0.426. The van der Waals surface area contributed by atoms with Crippen LogP contribution in [0.2, 0.25) is 0 Å². The lowest BCUT2D eigenvalue weighted by atomic mass is 10.0. The van der Waals surface area contributed by atoms with E-state index >= 15 is 0 Å². The molecular weight excluding hydrogens is 297 g/mol. The Kier molecular flexibility index (Phi) is 5.17. The van der Waals surface area contributed by atoms with Crippen LogP contribution in [0, 0.1) is 0 Å². The second-order valence-corrected chi connectivity index (χ2v) is 5.91. The molecule has 116 valence electrons. The lowest BCUT2D eigenvalue weighted by Gasteiger charge is -2.29. The van der Waals surface area contributed by atoms with Crippen molar-refractivity contribution >= 4 is 23.8 Å². The van der Waals surface area contributed by atoms with E-state index in [0.29, 0.717) is 13.3 Å². The number of urea groups is 1. The third kappa shape index (κ3) is 3.50. The number of aliphatic carboxylic acids is 1. The van der Waals surface area contributed by atoms with Crippen molar-refractivity contribution in [2.24, 2.45) is 0 Å². The Balaban J connectivity index is 2.71. The maximum Gasteiger partial charge on any atom is 0.422 e. The fourth-order valence-corrected chi connectivity index (χ4v) is 2.99. The van der Waals surface area contributed by atoms with Crippen LogP contribution in [0.3, 0.4) is 0 Å². The molecule has 3 N–H and O–H groups in total. The molecule has 20 heavy (non-hydrogen) atoms. The molecule has 3 atom stereocenters. The third-order valence-corrected chi connectivity index (χ3v) is 4.60. The normalized spacial score (nSPS) is 25.9. The van der Waals surface area contributed by atoms with Crippen LogP contribution in [0.25, 0.3) is 0 Å². The van der Waals surface area contributed by atoms with Gasteiger partial charge in [0.1, 0.15) is 0 Å². The number of alkyl halides is 3. The number of rotatable bonds is 4. The van der Waals surface area contributed by atoms with Crippen LogP contribution in [0.4, 0.5) is 18.0 Å². The summed E-state index contributed by atoms with van der Waals surface area (Å²) in [5, 5.41) is 12.8. The number of carbonyl (C=O) groups excluding carboxylic acids is 1. The average molecular weight is 314 g/mol. The lowest BCUT2D eigenvalue weighted by molar-refractivity contribution is -0.203. The quantitative estimate of drug-likeness (QED) is 0.741. The number of carbonyl (C=O) groups is 2. The van der Waals surface area contributed by atoms with Crippen molar-refractivity contribution in [3.8, 4) is 0 Å². The van der Waals surface area contributed by atoms with Crippen molar-refractivity contribution in [2.75, 3.05) is 6.26 Å². The number of hydrogen-bond donors (Lipinski definition) is 3. The molecule has 2 amide bonds. The van der Waals surface area contributed by atoms with Gasteiger partial charge < -0.3 is 15.7 Å². The maximum atomic E-state index is 12.7. The highest BCUT2D eigenvalue weighted by atomic mass is 32.2. The predicted molar refractivity (Wildman–Crippen MR) is 68.7 cm³/mol. The smallest absolute Gasteiger partial charge is 0.422 e. The van der Waals surface area contributed by atoms with E-state index in [2.05, 4.69) is 5.32 Å². The van der Waals surface area contributed by atoms with E-state index in [9.17, 15) is 22.8 Å². The Hall–Kier alpha value is -1.12. The summed E-state index contributed by atoms with van der Waals surface area (Å²) in [6.07, 6.45) is -0.785. The van der Waals surface area contributed by atoms with Gasteiger partial charge in [-0.3, -0.25) is 0 Å². The zero-order valence-electron chi connectivity index (χ0n) is 11.1. The average Bonchev–Trinajstić information content (AvgIpc) is 2.74. The molecule has 0 aromatic rings. The lowest BCUT2D eigenvalue weighted by Crippen LogP contribution is -2.64. The molecule has 0 bridgehead atoms. The van der Waals surface area contributed by atoms with Crippen LogP contribution in [-0.2, 0) is 4.79 Å². The molecule has 1 aliphatic rings. The standard InChI is InChI=1S/C11H17F3N2O3S/c1-10(8(17)18,11(12,13)14)16-9(19)15-6-4-3-5-7(6)20-2/h6-7H,3-5H2,1-2H3,(H,17,18)(H2,15,16,19). The highest BCUT2D eigenvalue weighted by Gasteiger charge is 2.58. The third-order valence-electron chi connectivity index (χ3n) is 3.43. The molecule has 5 nitrogen and oxygen atoms in total. The molecule has 1 fully saturated rings. The monoisotopic (exact) mass is 314 g/mol. The van der Waals surface area contributed by atoms with Gasteiger partial charge in [-0.05, 0) is 26.0 Å². The van der Waals surface area contributed by atoms with Gasteiger partial charge >= 0.3 is 18.2 Å². The highest BCUT2D eigenvalue weighted by Crippen LogP contribution is 2.31. The van der Waals surface area contributed by atoms with Gasteiger partial charge in [0.15, 0.2) is 0 Å². The van der Waals surface area contributed by atoms with E-state index in [4.69, 9.17) is 5.11 Å². The summed E-state index contributed by atoms with van der Waals surface area (Å²) in [5.41, 5.74) is -3.30. The van der Waals surface area contributed by atoms with Crippen molar-refractivity contribution in [2.45, 2.75) is 49.2 Å². The van der Waals surface area contributed by atoms with Gasteiger partial charge in [0.05, 0.1) is 0 Å². The number of carboxylic acid groups (broad SMARTS) is 1. The molecular formula is C11H17F3N2O3S. The highest BCUT2D eigenvalue weighted by molar-refractivity contribution is 7.99. The second kappa shape index (κ2) is 6.11. The number of carboxylic acids is 1. The minimum Gasteiger partial charge on any atom is -0.479 e. The first-order valence-corrected chi connectivity index (χ1v) is 7.32. The minimum absolute atomic E-state index is 0.141. The number of hydrogen-bond acceptors (Lipinski definition) is 3. The molecule has 0 aromatic carbocycles. The van der Waals surface area contributed by atoms with Crippen molar-refractivity contribution in [3.05, 3.63) is 0 Å². The molecule has 0 heterocycles. The number of amides is 2. The summed E-state index contributed by atoms with van der Waals surface area (Å²) in [5.74, 6) is -2.15. The topological polar surface area (TPSA) is 78.4 Å². The Morgan fingerprint density at radius 3 is 2.35 bits per heavy atom. The van der Waals surface area contributed by atoms with E-state index < -0.39 is 23.7 Å². The van der Waals surface area contributed by atoms with Gasteiger partial charge in [-0.1, -0.05) is 6.42 Å². The Morgan fingerprint density at radius 1 is 1.30 bits per heavy atom. The zero-order chi connectivity index (χ0) is 15.6. The van der Waals surface area contributed by atoms with E-state index in [1.54, 1.807) is 0 Å². The van der Waals surface area contributed by atoms with Crippen molar-refractivity contribution in [3.63, 3.8) is 0 Å². The fourth-order valence-electron chi connectivity index (χ4n) is 2.05. The predicted octanol–water partition coefficient (Wildman–Crippen LogP) is 1.98. The largest absolute Gasteiger partial charge is 0.479 e. The summed E-state index contributed by atoms with van der Waals surface area (Å²) in [4.78, 5) is 22.4.